The highest BCUT2D eigenvalue weighted by Crippen LogP contribution is 2.39. The minimum Gasteiger partial charge on any atom is -0.360 e. The van der Waals surface area contributed by atoms with Crippen LogP contribution < -0.4 is 5.32 Å². The van der Waals surface area contributed by atoms with Crippen molar-refractivity contribution in [3.63, 3.8) is 0 Å². The van der Waals surface area contributed by atoms with Gasteiger partial charge in [-0.1, -0.05) is 0 Å². The van der Waals surface area contributed by atoms with Gasteiger partial charge in [0.05, 0.1) is 0 Å². The first-order chi connectivity index (χ1) is 7.81. The smallest absolute Gasteiger partial charge is 0.202 e. The van der Waals surface area contributed by atoms with Crippen LogP contribution in [0.2, 0.25) is 0 Å². The summed E-state index contributed by atoms with van der Waals surface area (Å²) in [5.41, 5.74) is 0. The van der Waals surface area contributed by atoms with Crippen LogP contribution >= 0.6 is 11.5 Å². The van der Waals surface area contributed by atoms with E-state index in [9.17, 15) is 0 Å². The van der Waals surface area contributed by atoms with Crippen molar-refractivity contribution in [1.82, 2.24) is 14.3 Å². The molecule has 5 heteroatoms. The molecule has 3 rings (SSSR count). The molecule has 0 spiro atoms. The van der Waals surface area contributed by atoms with Gasteiger partial charge >= 0.3 is 0 Å². The predicted octanol–water partition coefficient (Wildman–Crippen LogP) is 1.78. The molecule has 0 bridgehead atoms. The zero-order chi connectivity index (χ0) is 11.0. The summed E-state index contributed by atoms with van der Waals surface area (Å²) >= 11 is 1.52. The first kappa shape index (κ1) is 10.5. The Morgan fingerprint density at radius 3 is 3.00 bits per heavy atom. The van der Waals surface area contributed by atoms with E-state index >= 15 is 0 Å². The van der Waals surface area contributed by atoms with Gasteiger partial charge in [-0.2, -0.15) is 4.37 Å². The molecule has 88 valence electrons. The van der Waals surface area contributed by atoms with Gasteiger partial charge in [-0.05, 0) is 38.8 Å². The van der Waals surface area contributed by atoms with Gasteiger partial charge in [0.25, 0.3) is 0 Å². The number of likely N-dealkylation sites (tertiary alicyclic amines) is 1. The summed E-state index contributed by atoms with van der Waals surface area (Å²) < 4.78 is 4.40. The molecule has 1 unspecified atom stereocenters. The van der Waals surface area contributed by atoms with Gasteiger partial charge in [-0.15, -0.1) is 0 Å². The number of hydrogen-bond donors (Lipinski definition) is 1. The van der Waals surface area contributed by atoms with E-state index in [1.165, 1.54) is 43.9 Å². The average Bonchev–Trinajstić information content (AvgIpc) is 2.87. The minimum absolute atomic E-state index is 0.671. The van der Waals surface area contributed by atoms with Gasteiger partial charge in [0.1, 0.15) is 5.82 Å². The lowest BCUT2D eigenvalue weighted by molar-refractivity contribution is 0.399. The number of aromatic nitrogens is 2. The summed E-state index contributed by atoms with van der Waals surface area (Å²) in [5, 5.41) is 4.44. The third-order valence-corrected chi connectivity index (χ3v) is 4.10. The molecule has 1 aromatic heterocycles. The van der Waals surface area contributed by atoms with Crippen LogP contribution in [0.3, 0.4) is 0 Å². The lowest BCUT2D eigenvalue weighted by Crippen LogP contribution is -2.19. The lowest BCUT2D eigenvalue weighted by atomic mass is 10.1. The summed E-state index contributed by atoms with van der Waals surface area (Å²) in [7, 11) is 2.19. The van der Waals surface area contributed by atoms with Crippen molar-refractivity contribution in [3.8, 4) is 0 Å². The van der Waals surface area contributed by atoms with Gasteiger partial charge < -0.3 is 10.2 Å². The Morgan fingerprint density at radius 2 is 2.31 bits per heavy atom. The molecule has 2 aliphatic rings. The van der Waals surface area contributed by atoms with Crippen LogP contribution in [0.1, 0.15) is 31.0 Å². The van der Waals surface area contributed by atoms with Crippen LogP contribution in [0, 0.1) is 5.92 Å². The fourth-order valence-electron chi connectivity index (χ4n) is 2.24. The number of nitrogens with zero attached hydrogens (tertiary/aromatic N) is 3. The Labute approximate surface area is 100 Å². The predicted molar refractivity (Wildman–Crippen MR) is 66.0 cm³/mol. The number of rotatable bonds is 4. The summed E-state index contributed by atoms with van der Waals surface area (Å²) in [6.07, 6.45) is 3.87. The van der Waals surface area contributed by atoms with Gasteiger partial charge in [0, 0.05) is 30.5 Å². The molecular formula is C11H18N4S. The molecule has 0 amide bonds. The molecule has 1 aliphatic carbocycles. The van der Waals surface area contributed by atoms with Crippen molar-refractivity contribution in [2.24, 2.45) is 5.92 Å². The summed E-state index contributed by atoms with van der Waals surface area (Å²) in [6.45, 7) is 3.49. The summed E-state index contributed by atoms with van der Waals surface area (Å²) in [5.74, 6) is 2.51. The van der Waals surface area contributed by atoms with E-state index in [0.29, 0.717) is 5.92 Å². The second-order valence-electron chi connectivity index (χ2n) is 5.03. The van der Waals surface area contributed by atoms with Crippen molar-refractivity contribution in [2.75, 3.05) is 32.0 Å². The van der Waals surface area contributed by atoms with Crippen LogP contribution in [0.25, 0.3) is 0 Å². The molecule has 1 atom stereocenters. The van der Waals surface area contributed by atoms with E-state index in [0.717, 1.165) is 23.4 Å². The van der Waals surface area contributed by atoms with E-state index in [-0.39, 0.29) is 0 Å². The van der Waals surface area contributed by atoms with E-state index in [1.807, 2.05) is 0 Å². The summed E-state index contributed by atoms with van der Waals surface area (Å²) in [6, 6.07) is 0. The Kier molecular flexibility index (Phi) is 2.81. The molecule has 1 aliphatic heterocycles. The highest BCUT2D eigenvalue weighted by Gasteiger charge is 2.28. The molecule has 1 N–H and O–H groups in total. The van der Waals surface area contributed by atoms with E-state index in [1.54, 1.807) is 0 Å². The molecule has 4 nitrogen and oxygen atoms in total. The monoisotopic (exact) mass is 238 g/mol. The van der Waals surface area contributed by atoms with Crippen molar-refractivity contribution >= 4 is 16.7 Å². The Hall–Kier alpha value is -0.680. The topological polar surface area (TPSA) is 41.0 Å². The van der Waals surface area contributed by atoms with Crippen LogP contribution in [-0.4, -0.2) is 40.9 Å². The number of nitrogens with one attached hydrogen (secondary N) is 1. The number of anilines is 1. The summed E-state index contributed by atoms with van der Waals surface area (Å²) in [4.78, 5) is 6.93. The highest BCUT2D eigenvalue weighted by atomic mass is 32.1. The Balaban J connectivity index is 1.50. The van der Waals surface area contributed by atoms with Gasteiger partial charge in [0.15, 0.2) is 0 Å². The van der Waals surface area contributed by atoms with Crippen molar-refractivity contribution in [2.45, 2.75) is 25.2 Å². The average molecular weight is 238 g/mol. The van der Waals surface area contributed by atoms with Crippen molar-refractivity contribution in [3.05, 3.63) is 5.82 Å². The lowest BCUT2D eigenvalue weighted by Gasteiger charge is -2.10. The number of hydrogen-bond acceptors (Lipinski definition) is 5. The van der Waals surface area contributed by atoms with E-state index in [4.69, 9.17) is 0 Å². The molecule has 1 aromatic rings. The third-order valence-electron chi connectivity index (χ3n) is 3.42. The van der Waals surface area contributed by atoms with E-state index in [2.05, 4.69) is 26.6 Å². The first-order valence-corrected chi connectivity index (χ1v) is 6.84. The van der Waals surface area contributed by atoms with Gasteiger partial charge in [-0.3, -0.25) is 0 Å². The maximum Gasteiger partial charge on any atom is 0.202 e. The molecule has 16 heavy (non-hydrogen) atoms. The van der Waals surface area contributed by atoms with Crippen LogP contribution in [0.4, 0.5) is 5.13 Å². The maximum atomic E-state index is 4.53. The van der Waals surface area contributed by atoms with Crippen LogP contribution in [0.15, 0.2) is 0 Å². The van der Waals surface area contributed by atoms with Crippen LogP contribution in [-0.2, 0) is 0 Å². The maximum absolute atomic E-state index is 4.53. The Morgan fingerprint density at radius 1 is 1.44 bits per heavy atom. The zero-order valence-corrected chi connectivity index (χ0v) is 10.5. The molecular weight excluding hydrogens is 220 g/mol. The molecule has 1 saturated carbocycles. The minimum atomic E-state index is 0.671. The standard InChI is InChI=1S/C11H18N4S/c1-15-5-4-8(7-15)6-12-11-13-10(14-16-11)9-2-3-9/h8-9H,2-7H2,1H3,(H,12,13,14). The fourth-order valence-corrected chi connectivity index (χ4v) is 2.89. The van der Waals surface area contributed by atoms with Gasteiger partial charge in [0.2, 0.25) is 5.13 Å². The first-order valence-electron chi connectivity index (χ1n) is 6.07. The normalized spacial score (nSPS) is 26.2. The molecule has 2 fully saturated rings. The quantitative estimate of drug-likeness (QED) is 0.868. The molecule has 1 saturated heterocycles. The zero-order valence-electron chi connectivity index (χ0n) is 9.65. The molecule has 0 aromatic carbocycles. The second kappa shape index (κ2) is 4.30. The van der Waals surface area contributed by atoms with Gasteiger partial charge in [-0.25, -0.2) is 4.98 Å². The van der Waals surface area contributed by atoms with E-state index < -0.39 is 0 Å². The highest BCUT2D eigenvalue weighted by molar-refractivity contribution is 7.09. The second-order valence-corrected chi connectivity index (χ2v) is 5.78. The van der Waals surface area contributed by atoms with Crippen LogP contribution in [0.5, 0.6) is 0 Å². The fraction of sp³-hybridized carbons (Fsp3) is 0.818. The van der Waals surface area contributed by atoms with Crippen molar-refractivity contribution < 1.29 is 0 Å². The SMILES string of the molecule is CN1CCC(CNc2nc(C3CC3)ns2)C1. The Bertz CT molecular complexity index is 361. The molecule has 2 heterocycles. The van der Waals surface area contributed by atoms with Crippen molar-refractivity contribution in [1.29, 1.82) is 0 Å². The largest absolute Gasteiger partial charge is 0.360 e. The third kappa shape index (κ3) is 2.35. The molecule has 0 radical (unpaired) electrons.